The van der Waals surface area contributed by atoms with Crippen LogP contribution < -0.4 is 48.8 Å². The molecule has 12 rings (SSSR count). The maximum atomic E-state index is 6.01. The Bertz CT molecular complexity index is 3410. The van der Waals surface area contributed by atoms with Gasteiger partial charge in [0.25, 0.3) is 0 Å². The number of anilines is 2. The Hall–Kier alpha value is -3.64. The van der Waals surface area contributed by atoms with Crippen molar-refractivity contribution in [3.05, 3.63) is 274 Å². The second-order valence-electron chi connectivity index (χ2n) is 19.5. The molecule has 2 heterocycles. The van der Waals surface area contributed by atoms with E-state index in [0.717, 1.165) is 46.2 Å². The van der Waals surface area contributed by atoms with Crippen LogP contribution in [0.25, 0.3) is 21.7 Å². The van der Waals surface area contributed by atoms with Crippen molar-refractivity contribution < 1.29 is 42.3 Å². The predicted octanol–water partition coefficient (Wildman–Crippen LogP) is 18.0. The van der Waals surface area contributed by atoms with Gasteiger partial charge >= 0.3 is 59.2 Å². The maximum absolute atomic E-state index is 6.01. The minimum Gasteiger partial charge on any atom is -0.210 e. The van der Waals surface area contributed by atoms with Crippen molar-refractivity contribution in [1.29, 1.82) is 0 Å². The molecule has 1 aliphatic heterocycles. The quantitative estimate of drug-likeness (QED) is 0.0415. The monoisotopic (exact) mass is 1570 g/mol. The topological polar surface area (TPSA) is 83.4 Å². The second-order valence-corrected chi connectivity index (χ2v) is 30.2. The Morgan fingerprint density at radius 2 is 0.835 bits per heavy atom. The zero-order valence-corrected chi connectivity index (χ0v) is 59.2. The Kier molecular flexibility index (Phi) is 33.0. The summed E-state index contributed by atoms with van der Waals surface area (Å²) in [5.74, 6) is 0.579. The molecule has 10 aromatic carbocycles. The smallest absolute Gasteiger partial charge is 0.210 e. The Morgan fingerprint density at radius 3 is 1.21 bits per heavy atom. The Labute approximate surface area is 568 Å². The molecule has 1 saturated heterocycles. The molecule has 1 aliphatic rings. The average molecular weight is 1580 g/mol. The van der Waals surface area contributed by atoms with Gasteiger partial charge in [0.15, 0.2) is 0 Å². The molecule has 0 radical (unpaired) electrons. The summed E-state index contributed by atoms with van der Waals surface area (Å²) < 4.78 is 14.8. The van der Waals surface area contributed by atoms with Gasteiger partial charge in [-0.05, 0) is 171 Å². The van der Waals surface area contributed by atoms with Crippen molar-refractivity contribution in [3.8, 4) is 0 Å². The number of hydrogen-bond acceptors (Lipinski definition) is 5. The molecule has 446 valence electrons. The van der Waals surface area contributed by atoms with Gasteiger partial charge in [-0.3, -0.25) is 0 Å². The minimum absolute atomic E-state index is 0. The Morgan fingerprint density at radius 1 is 0.494 bits per heavy atom. The molecule has 1 aromatic heterocycles. The van der Waals surface area contributed by atoms with E-state index in [4.69, 9.17) is 63.0 Å². The number of pyridine rings is 1. The normalized spacial score (nSPS) is 12.3. The summed E-state index contributed by atoms with van der Waals surface area (Å²) in [5, 5.41) is 12.2. The average Bonchev–Trinajstić information content (AvgIpc) is 2.58. The van der Waals surface area contributed by atoms with E-state index in [2.05, 4.69) is 282 Å². The van der Waals surface area contributed by atoms with Gasteiger partial charge in [0.05, 0.1) is 64.8 Å². The first-order chi connectivity index (χ1) is 40.0. The van der Waals surface area contributed by atoms with Crippen LogP contribution in [-0.2, 0) is 42.3 Å². The number of alkyl halides is 2. The van der Waals surface area contributed by atoms with Gasteiger partial charge < -0.3 is 20.8 Å². The van der Waals surface area contributed by atoms with Gasteiger partial charge in [-0.1, -0.05) is 153 Å². The number of nitrogens with two attached hydrogens (primary N) is 2. The number of halogens is 7. The van der Waals surface area contributed by atoms with E-state index in [9.17, 15) is 0 Å². The van der Waals surface area contributed by atoms with Crippen LogP contribution in [0.5, 0.6) is 0 Å². The van der Waals surface area contributed by atoms with Gasteiger partial charge in [-0.15, -0.1) is 35.3 Å². The molecule has 0 spiro atoms. The first kappa shape index (κ1) is 73.8. The summed E-state index contributed by atoms with van der Waals surface area (Å²) in [4.78, 5) is 4.43. The Balaban J connectivity index is 0.000000224. The van der Waals surface area contributed by atoms with E-state index in [1.165, 1.54) is 37.4 Å². The fourth-order valence-corrected chi connectivity index (χ4v) is 15.4. The molecule has 0 atom stereocenters. The summed E-state index contributed by atoms with van der Waals surface area (Å²) in [5.41, 5.74) is 15.0. The van der Waals surface area contributed by atoms with Gasteiger partial charge in [-0.25, -0.2) is 17.1 Å². The maximum Gasteiger partial charge on any atom is 2.00 e. The molecule has 4 N–H and O–H groups in total. The number of benzene rings is 8. The SMILES string of the molecule is C.Cc1ccccc1B1OC(C)(C)C(C)(C)O1.ClCCl.Nc1c(Br)cccc1Br.Nc1nc2c(Br)cccc2c2ccccc12.[Cl][Pd][Cl].[Fe+2].c1ccc([PH+](c2ccccc2)c2ccc[cH-]2)cc1.c1ccc([PH+](c2ccccc2)c2ccc[cH-]2)cc1. The third-order valence-electron chi connectivity index (χ3n) is 13.6. The van der Waals surface area contributed by atoms with Crippen LogP contribution in [0.3, 0.4) is 0 Å². The van der Waals surface area contributed by atoms with E-state index in [-0.39, 0.29) is 64.1 Å². The zero-order valence-electron chi connectivity index (χ0n) is 46.8. The predicted molar refractivity (Wildman–Crippen MR) is 384 cm³/mol. The van der Waals surface area contributed by atoms with Crippen molar-refractivity contribution >= 4 is 183 Å². The number of fused-ring (bicyclic) bond motifs is 3. The number of para-hydroxylation sites is 2. The number of aromatic nitrogens is 1. The molecule has 0 saturated carbocycles. The zero-order chi connectivity index (χ0) is 59.8. The summed E-state index contributed by atoms with van der Waals surface area (Å²) in [6, 6.07) is 88.9. The first-order valence-corrected chi connectivity index (χ1v) is 36.7. The van der Waals surface area contributed by atoms with Crippen LogP contribution in [-0.4, -0.2) is 28.6 Å². The van der Waals surface area contributed by atoms with Crippen molar-refractivity contribution in [3.63, 3.8) is 0 Å². The molecule has 0 aliphatic carbocycles. The number of nitrogen functional groups attached to an aromatic ring is 2. The van der Waals surface area contributed by atoms with Gasteiger partial charge in [0.1, 0.15) is 5.82 Å². The number of aryl methyl sites for hydroxylation is 1. The third-order valence-corrected chi connectivity index (χ3v) is 21.0. The number of nitrogens with zero attached hydrogens (tertiary/aromatic N) is 1. The molecular formula is C68H69BBr3Cl4FeN3O2P2Pd+2. The largest absolute Gasteiger partial charge is 2.00 e. The summed E-state index contributed by atoms with van der Waals surface area (Å²) in [6.45, 7) is 10.4. The van der Waals surface area contributed by atoms with E-state index in [1.54, 1.807) is 0 Å². The van der Waals surface area contributed by atoms with Crippen molar-refractivity contribution in [1.82, 2.24) is 4.98 Å². The molecular weight excluding hydrogens is 1510 g/mol. The van der Waals surface area contributed by atoms with Crippen LogP contribution in [0.15, 0.2) is 268 Å². The molecule has 17 heteroatoms. The molecule has 85 heavy (non-hydrogen) atoms. The minimum atomic E-state index is -0.834. The molecule has 0 unspecified atom stereocenters. The van der Waals surface area contributed by atoms with Crippen molar-refractivity contribution in [2.75, 3.05) is 16.8 Å². The van der Waals surface area contributed by atoms with Gasteiger partial charge in [0, 0.05) is 24.2 Å². The first-order valence-electron chi connectivity index (χ1n) is 26.2. The molecule has 0 amide bonds. The molecule has 11 aromatic rings. The van der Waals surface area contributed by atoms with Crippen molar-refractivity contribution in [2.24, 2.45) is 0 Å². The van der Waals surface area contributed by atoms with E-state index in [1.807, 2.05) is 60.7 Å². The second kappa shape index (κ2) is 38.0. The summed E-state index contributed by atoms with van der Waals surface area (Å²) >= 11 is 19.5. The fraction of sp³-hybridized carbons (Fsp3) is 0.132. The van der Waals surface area contributed by atoms with E-state index >= 15 is 0 Å². The van der Waals surface area contributed by atoms with Crippen LogP contribution in [0.2, 0.25) is 0 Å². The summed E-state index contributed by atoms with van der Waals surface area (Å²) in [6.07, 6.45) is 0. The number of rotatable bonds is 7. The van der Waals surface area contributed by atoms with Gasteiger partial charge in [0.2, 0.25) is 0 Å². The summed E-state index contributed by atoms with van der Waals surface area (Å²) in [7, 11) is 7.71. The van der Waals surface area contributed by atoms with Crippen LogP contribution in [0.4, 0.5) is 11.5 Å². The third kappa shape index (κ3) is 21.5. The van der Waals surface area contributed by atoms with Crippen LogP contribution in [0.1, 0.15) is 40.7 Å². The molecule has 5 nitrogen and oxygen atoms in total. The van der Waals surface area contributed by atoms with Crippen molar-refractivity contribution in [2.45, 2.75) is 53.2 Å². The fourth-order valence-electron chi connectivity index (χ4n) is 8.80. The van der Waals surface area contributed by atoms with E-state index < -0.39 is 15.8 Å². The van der Waals surface area contributed by atoms with E-state index in [0.29, 0.717) is 5.82 Å². The molecule has 1 fully saturated rings. The molecule has 0 bridgehead atoms. The standard InChI is InChI=1S/2C17H14P.C13H19BO2.C13H9BrN2.C6H5Br2N.CH2Cl2.CH4.2ClH.Fe.Pd/c2*1-3-9-15(10-4-1)18(17-13-7-8-14-17)16-11-5-2-6-12-16;1-10-8-6-7-9-11(10)14-15-12(2,3)13(4,5)16-14;14-11-7-3-6-9-8-4-1-2-5-10(8)13(15)16-12(9)11;7-4-2-1-3-5(8)6(4)9;2-1-3;;;;;/h2*1-14H;6-9H,1-5H3;1-7H,(H2,15,16);1-3H,9H2;1H2;1H4;2*1H;;/q2*-1;;;;;;;;2*+2. The van der Waals surface area contributed by atoms with Gasteiger partial charge in [-0.2, -0.15) is 24.3 Å². The number of hydrogen-bond donors (Lipinski definition) is 2. The van der Waals surface area contributed by atoms with Crippen LogP contribution in [0, 0.1) is 6.92 Å². The van der Waals surface area contributed by atoms with Crippen LogP contribution >= 0.6 is 106 Å².